The largest absolute Gasteiger partial charge is 0.332 e. The topological polar surface area (TPSA) is 96.4 Å². The molecule has 2 aromatic carbocycles. The molecule has 0 radical (unpaired) electrons. The predicted octanol–water partition coefficient (Wildman–Crippen LogP) is 4.24. The number of benzene rings is 2. The summed E-state index contributed by atoms with van der Waals surface area (Å²) in [6, 6.07) is 12.2. The van der Waals surface area contributed by atoms with Crippen molar-refractivity contribution >= 4 is 42.0 Å². The molecule has 1 aliphatic heterocycles. The van der Waals surface area contributed by atoms with Gasteiger partial charge >= 0.3 is 0 Å². The van der Waals surface area contributed by atoms with Crippen LogP contribution < -0.4 is 5.32 Å². The van der Waals surface area contributed by atoms with Gasteiger partial charge in [-0.2, -0.15) is 4.31 Å². The highest BCUT2D eigenvalue weighted by Gasteiger charge is 2.51. The zero-order valence-electron chi connectivity index (χ0n) is 17.4. The predicted molar refractivity (Wildman–Crippen MR) is 124 cm³/mol. The van der Waals surface area contributed by atoms with Crippen LogP contribution in [0.25, 0.3) is 11.3 Å². The van der Waals surface area contributed by atoms with Crippen LogP contribution in [-0.2, 0) is 19.9 Å². The molecule has 2 heterocycles. The Morgan fingerprint density at radius 2 is 1.84 bits per heavy atom. The number of nitrogens with one attached hydrogen (secondary N) is 1. The van der Waals surface area contributed by atoms with Crippen LogP contribution >= 0.6 is 11.3 Å². The summed E-state index contributed by atoms with van der Waals surface area (Å²) in [5, 5.41) is 5.48. The van der Waals surface area contributed by atoms with Gasteiger partial charge in [-0.15, -0.1) is 11.3 Å². The highest BCUT2D eigenvalue weighted by molar-refractivity contribution is 7.94. The molecule has 3 aromatic rings. The van der Waals surface area contributed by atoms with Crippen molar-refractivity contribution in [3.8, 4) is 11.3 Å². The first-order valence-corrected chi connectivity index (χ1v) is 14.0. The second kappa shape index (κ2) is 8.22. The summed E-state index contributed by atoms with van der Waals surface area (Å²) >= 11 is 1.34. The number of anilines is 2. The fourth-order valence-corrected chi connectivity index (χ4v) is 7.85. The lowest BCUT2D eigenvalue weighted by Crippen LogP contribution is -2.50. The Morgan fingerprint density at radius 3 is 2.50 bits per heavy atom. The Kier molecular flexibility index (Phi) is 5.86. The Labute approximate surface area is 190 Å². The summed E-state index contributed by atoms with van der Waals surface area (Å²) in [5.41, 5.74) is 1.91. The van der Waals surface area contributed by atoms with E-state index in [1.54, 1.807) is 29.6 Å². The number of sulfone groups is 1. The van der Waals surface area contributed by atoms with Gasteiger partial charge in [0.05, 0.1) is 10.6 Å². The van der Waals surface area contributed by atoms with E-state index in [0.717, 1.165) is 10.6 Å². The zero-order chi connectivity index (χ0) is 23.1. The highest BCUT2D eigenvalue weighted by atomic mass is 32.2. The van der Waals surface area contributed by atoms with Crippen LogP contribution in [-0.4, -0.2) is 43.8 Å². The number of hydrogen-bond donors (Lipinski definition) is 1. The van der Waals surface area contributed by atoms with E-state index in [-0.39, 0.29) is 23.7 Å². The van der Waals surface area contributed by atoms with Crippen LogP contribution in [0.5, 0.6) is 0 Å². The van der Waals surface area contributed by atoms with E-state index in [1.807, 2.05) is 0 Å². The van der Waals surface area contributed by atoms with E-state index >= 15 is 0 Å². The summed E-state index contributed by atoms with van der Waals surface area (Å²) in [6.07, 6.45) is 1.82. The molecule has 1 fully saturated rings. The van der Waals surface area contributed by atoms with Crippen molar-refractivity contribution in [2.45, 2.75) is 29.5 Å². The third-order valence-electron chi connectivity index (χ3n) is 5.65. The number of thiazole rings is 1. The number of sulfonamides is 1. The van der Waals surface area contributed by atoms with E-state index in [2.05, 4.69) is 10.3 Å². The quantitative estimate of drug-likeness (QED) is 0.550. The Hall–Kier alpha value is -2.34. The Morgan fingerprint density at radius 1 is 1.12 bits per heavy atom. The second-order valence-electron chi connectivity index (χ2n) is 7.83. The SMILES string of the molecule is CC1(S(C)(=O)=O)CCCN1S(=O)(=O)c1ccc(Nc2nc(-c3cccc(F)c3)cs2)cc1. The van der Waals surface area contributed by atoms with Crippen molar-refractivity contribution in [2.24, 2.45) is 0 Å². The zero-order valence-corrected chi connectivity index (χ0v) is 19.9. The molecule has 0 saturated carbocycles. The fraction of sp³-hybridized carbons (Fsp3) is 0.286. The molecule has 1 unspecified atom stereocenters. The minimum Gasteiger partial charge on any atom is -0.332 e. The lowest BCUT2D eigenvalue weighted by atomic mass is 10.2. The maximum atomic E-state index is 13.4. The van der Waals surface area contributed by atoms with Crippen molar-refractivity contribution in [1.82, 2.24) is 9.29 Å². The van der Waals surface area contributed by atoms with Gasteiger partial charge in [0.2, 0.25) is 10.0 Å². The molecule has 170 valence electrons. The maximum absolute atomic E-state index is 13.4. The van der Waals surface area contributed by atoms with Gasteiger partial charge in [0.15, 0.2) is 15.0 Å². The van der Waals surface area contributed by atoms with Crippen molar-refractivity contribution in [3.63, 3.8) is 0 Å². The van der Waals surface area contributed by atoms with E-state index in [1.165, 1.54) is 42.5 Å². The summed E-state index contributed by atoms with van der Waals surface area (Å²) in [7, 11) is -7.59. The van der Waals surface area contributed by atoms with E-state index in [4.69, 9.17) is 0 Å². The molecule has 32 heavy (non-hydrogen) atoms. The van der Waals surface area contributed by atoms with Crippen molar-refractivity contribution in [2.75, 3.05) is 18.1 Å². The van der Waals surface area contributed by atoms with Crippen molar-refractivity contribution in [1.29, 1.82) is 0 Å². The number of rotatable bonds is 6. The van der Waals surface area contributed by atoms with Gasteiger partial charge in [-0.05, 0) is 56.2 Å². The van der Waals surface area contributed by atoms with Crippen LogP contribution in [0.15, 0.2) is 58.8 Å². The molecule has 7 nitrogen and oxygen atoms in total. The molecule has 4 rings (SSSR count). The average molecular weight is 496 g/mol. The van der Waals surface area contributed by atoms with Crippen LogP contribution in [0.2, 0.25) is 0 Å². The first-order valence-electron chi connectivity index (χ1n) is 9.82. The first kappa shape index (κ1) is 22.8. The Bertz CT molecular complexity index is 1350. The van der Waals surface area contributed by atoms with Crippen LogP contribution in [0.1, 0.15) is 19.8 Å². The van der Waals surface area contributed by atoms with Crippen LogP contribution in [0, 0.1) is 5.82 Å². The van der Waals surface area contributed by atoms with Crippen molar-refractivity contribution < 1.29 is 21.2 Å². The molecule has 0 amide bonds. The summed E-state index contributed by atoms with van der Waals surface area (Å²) in [5.74, 6) is -0.341. The van der Waals surface area contributed by atoms with Gasteiger partial charge in [0.25, 0.3) is 0 Å². The third-order valence-corrected chi connectivity index (χ3v) is 10.6. The number of nitrogens with zero attached hydrogens (tertiary/aromatic N) is 2. The lowest BCUT2D eigenvalue weighted by Gasteiger charge is -2.32. The van der Waals surface area contributed by atoms with Crippen LogP contribution in [0.3, 0.4) is 0 Å². The summed E-state index contributed by atoms with van der Waals surface area (Å²) in [4.78, 5) is 3.02. The number of aromatic nitrogens is 1. The summed E-state index contributed by atoms with van der Waals surface area (Å²) in [6.45, 7) is 1.62. The van der Waals surface area contributed by atoms with Gasteiger partial charge in [-0.3, -0.25) is 0 Å². The fourth-order valence-electron chi connectivity index (χ4n) is 3.73. The molecule has 1 saturated heterocycles. The molecule has 11 heteroatoms. The van der Waals surface area contributed by atoms with E-state index in [9.17, 15) is 21.2 Å². The Balaban J connectivity index is 1.54. The van der Waals surface area contributed by atoms with Gasteiger partial charge in [0, 0.05) is 29.4 Å². The standard InChI is InChI=1S/C21H22FN3O4S3/c1-21(31(2,26)27)11-4-12-25(21)32(28,29)18-9-7-17(8-10-18)23-20-24-19(14-30-20)15-5-3-6-16(22)13-15/h3,5-10,13-14H,4,11-12H2,1-2H3,(H,23,24). The normalized spacial score (nSPS) is 19.8. The molecule has 0 aliphatic carbocycles. The molecule has 1 aromatic heterocycles. The maximum Gasteiger partial charge on any atom is 0.244 e. The van der Waals surface area contributed by atoms with Gasteiger partial charge in [0.1, 0.15) is 10.7 Å². The summed E-state index contributed by atoms with van der Waals surface area (Å²) < 4.78 is 65.4. The second-order valence-corrected chi connectivity index (χ2v) is 13.0. The minimum atomic E-state index is -3.98. The monoisotopic (exact) mass is 495 g/mol. The number of halogens is 1. The van der Waals surface area contributed by atoms with Gasteiger partial charge < -0.3 is 5.32 Å². The number of hydrogen-bond acceptors (Lipinski definition) is 7. The first-order chi connectivity index (χ1) is 15.0. The minimum absolute atomic E-state index is 0.0272. The molecule has 1 atom stereocenters. The molecular weight excluding hydrogens is 473 g/mol. The van der Waals surface area contributed by atoms with E-state index in [0.29, 0.717) is 28.5 Å². The molecule has 1 N–H and O–H groups in total. The smallest absolute Gasteiger partial charge is 0.244 e. The molecular formula is C21H22FN3O4S3. The molecule has 1 aliphatic rings. The lowest BCUT2D eigenvalue weighted by molar-refractivity contribution is 0.354. The van der Waals surface area contributed by atoms with Gasteiger partial charge in [-0.25, -0.2) is 26.2 Å². The van der Waals surface area contributed by atoms with Crippen molar-refractivity contribution in [3.05, 3.63) is 59.7 Å². The highest BCUT2D eigenvalue weighted by Crippen LogP contribution is 2.38. The third kappa shape index (κ3) is 4.17. The van der Waals surface area contributed by atoms with E-state index < -0.39 is 24.7 Å². The van der Waals surface area contributed by atoms with Gasteiger partial charge in [-0.1, -0.05) is 12.1 Å². The average Bonchev–Trinajstić information content (AvgIpc) is 3.36. The van der Waals surface area contributed by atoms with Crippen LogP contribution in [0.4, 0.5) is 15.2 Å². The molecule has 0 bridgehead atoms. The molecule has 0 spiro atoms.